The van der Waals surface area contributed by atoms with Gasteiger partial charge in [0.15, 0.2) is 0 Å². The van der Waals surface area contributed by atoms with E-state index in [1.54, 1.807) is 19.5 Å². The SMILES string of the molecule is COCCOc1ccc(N2CCC(N3CCNCC3=O)CC2)c(NC(=O)c2[nH]c3cc(Cl)ccc3c2-c2c(-c3ccccc3)ncn2C(C)c2ccc(Cl)cc2Cl)c1. The van der Waals surface area contributed by atoms with Gasteiger partial charge in [-0.15, -0.1) is 0 Å². The van der Waals surface area contributed by atoms with Crippen LogP contribution in [0.4, 0.5) is 11.4 Å². The lowest BCUT2D eigenvalue weighted by molar-refractivity contribution is -0.134. The Morgan fingerprint density at radius 2 is 1.72 bits per heavy atom. The number of rotatable bonds is 12. The van der Waals surface area contributed by atoms with E-state index in [4.69, 9.17) is 49.3 Å². The lowest BCUT2D eigenvalue weighted by Gasteiger charge is -2.41. The fourth-order valence-corrected chi connectivity index (χ4v) is 8.86. The number of imidazole rings is 1. The van der Waals surface area contributed by atoms with Gasteiger partial charge in [-0.05, 0) is 61.7 Å². The molecule has 2 saturated heterocycles. The van der Waals surface area contributed by atoms with Gasteiger partial charge in [-0.3, -0.25) is 9.59 Å². The molecule has 14 heteroatoms. The van der Waals surface area contributed by atoms with E-state index in [9.17, 15) is 4.79 Å². The second kappa shape index (κ2) is 17.4. The number of aromatic amines is 1. The van der Waals surface area contributed by atoms with E-state index >= 15 is 4.79 Å². The van der Waals surface area contributed by atoms with Gasteiger partial charge < -0.3 is 39.5 Å². The number of piperazine rings is 1. The lowest BCUT2D eigenvalue weighted by Crippen LogP contribution is -2.55. The van der Waals surface area contributed by atoms with Crippen molar-refractivity contribution in [2.24, 2.45) is 0 Å². The average Bonchev–Trinajstić information content (AvgIpc) is 3.83. The highest BCUT2D eigenvalue weighted by molar-refractivity contribution is 6.35. The molecule has 4 aromatic carbocycles. The number of hydrogen-bond donors (Lipinski definition) is 3. The van der Waals surface area contributed by atoms with Crippen molar-refractivity contribution in [3.63, 3.8) is 0 Å². The minimum Gasteiger partial charge on any atom is -0.491 e. The molecule has 6 aromatic rings. The third-order valence-electron chi connectivity index (χ3n) is 11.0. The first-order chi connectivity index (χ1) is 28.2. The van der Waals surface area contributed by atoms with E-state index in [0.717, 1.165) is 60.4 Å². The number of halogens is 3. The molecule has 0 spiro atoms. The van der Waals surface area contributed by atoms with Crippen molar-refractivity contribution < 1.29 is 19.1 Å². The standard InChI is InChI=1S/C44H44Cl3N7O4/c1-27(33-11-8-29(45)22-35(33)47)54-26-49-41(28-6-4-3-5-7-28)43(54)40-34-12-9-30(46)23-36(34)50-42(40)44(56)51-37-24-32(58-21-20-57-2)10-13-38(37)52-17-14-31(15-18-52)53-19-16-48-25-39(53)55/h3-13,22-24,26-27,31,48,50H,14-21,25H2,1-2H3,(H,51,56). The van der Waals surface area contributed by atoms with Gasteiger partial charge in [-0.25, -0.2) is 4.98 Å². The van der Waals surface area contributed by atoms with Gasteiger partial charge in [0.05, 0.1) is 48.3 Å². The largest absolute Gasteiger partial charge is 0.491 e. The molecule has 1 atom stereocenters. The number of hydrogen-bond acceptors (Lipinski definition) is 7. The Kier molecular flexibility index (Phi) is 12.0. The zero-order valence-electron chi connectivity index (χ0n) is 32.2. The number of benzene rings is 4. The first-order valence-electron chi connectivity index (χ1n) is 19.4. The molecule has 300 valence electrons. The van der Waals surface area contributed by atoms with Crippen LogP contribution in [0.3, 0.4) is 0 Å². The van der Waals surface area contributed by atoms with Crippen LogP contribution < -0.4 is 20.3 Å². The molecule has 58 heavy (non-hydrogen) atoms. The molecule has 2 fully saturated rings. The molecule has 3 N–H and O–H groups in total. The Labute approximate surface area is 352 Å². The number of piperidine rings is 1. The minimum absolute atomic E-state index is 0.146. The summed E-state index contributed by atoms with van der Waals surface area (Å²) in [5, 5.41) is 8.83. The Balaban J connectivity index is 1.21. The van der Waals surface area contributed by atoms with Crippen LogP contribution in [-0.4, -0.2) is 90.3 Å². The van der Waals surface area contributed by atoms with Crippen molar-refractivity contribution >= 4 is 68.9 Å². The monoisotopic (exact) mass is 839 g/mol. The summed E-state index contributed by atoms with van der Waals surface area (Å²) in [6, 6.07) is 26.6. The third-order valence-corrected chi connectivity index (χ3v) is 11.8. The summed E-state index contributed by atoms with van der Waals surface area (Å²) in [4.78, 5) is 40.4. The van der Waals surface area contributed by atoms with Crippen LogP contribution in [0, 0.1) is 0 Å². The number of nitrogens with zero attached hydrogens (tertiary/aromatic N) is 4. The van der Waals surface area contributed by atoms with Crippen LogP contribution in [0.2, 0.25) is 15.1 Å². The van der Waals surface area contributed by atoms with Crippen LogP contribution in [0.5, 0.6) is 5.75 Å². The summed E-state index contributed by atoms with van der Waals surface area (Å²) < 4.78 is 13.3. The van der Waals surface area contributed by atoms with Gasteiger partial charge in [0.25, 0.3) is 5.91 Å². The molecule has 2 aliphatic rings. The molecular weight excluding hydrogens is 797 g/mol. The molecule has 0 aliphatic carbocycles. The summed E-state index contributed by atoms with van der Waals surface area (Å²) >= 11 is 19.7. The highest BCUT2D eigenvalue weighted by Gasteiger charge is 2.32. The number of carbonyl (C=O) groups excluding carboxylic acids is 2. The number of carbonyl (C=O) groups is 2. The summed E-state index contributed by atoms with van der Waals surface area (Å²) in [5.74, 6) is 0.384. The van der Waals surface area contributed by atoms with E-state index in [1.165, 1.54) is 0 Å². The van der Waals surface area contributed by atoms with Crippen molar-refractivity contribution in [3.8, 4) is 28.3 Å². The highest BCUT2D eigenvalue weighted by atomic mass is 35.5. The molecule has 4 heterocycles. The van der Waals surface area contributed by atoms with Gasteiger partial charge in [-0.1, -0.05) is 77.3 Å². The van der Waals surface area contributed by atoms with Gasteiger partial charge in [0, 0.05) is 82.5 Å². The first-order valence-corrected chi connectivity index (χ1v) is 20.5. The fraction of sp³-hybridized carbons (Fsp3) is 0.295. The Morgan fingerprint density at radius 3 is 2.48 bits per heavy atom. The van der Waals surface area contributed by atoms with Crippen molar-refractivity contribution in [1.29, 1.82) is 0 Å². The average molecular weight is 841 g/mol. The second-order valence-electron chi connectivity index (χ2n) is 14.6. The van der Waals surface area contributed by atoms with Gasteiger partial charge in [0.1, 0.15) is 18.1 Å². The topological polar surface area (TPSA) is 117 Å². The van der Waals surface area contributed by atoms with Crippen molar-refractivity contribution in [2.75, 3.05) is 63.3 Å². The normalized spacial score (nSPS) is 15.6. The van der Waals surface area contributed by atoms with E-state index in [2.05, 4.69) is 25.1 Å². The molecule has 2 aliphatic heterocycles. The zero-order chi connectivity index (χ0) is 40.3. The summed E-state index contributed by atoms with van der Waals surface area (Å²) in [6.07, 6.45) is 3.43. The number of anilines is 2. The molecule has 0 saturated carbocycles. The third kappa shape index (κ3) is 8.15. The van der Waals surface area contributed by atoms with Gasteiger partial charge >= 0.3 is 0 Å². The van der Waals surface area contributed by atoms with E-state index in [-0.39, 0.29) is 23.9 Å². The van der Waals surface area contributed by atoms with Gasteiger partial charge in [0.2, 0.25) is 5.91 Å². The maximum atomic E-state index is 15.0. The second-order valence-corrected chi connectivity index (χ2v) is 15.9. The van der Waals surface area contributed by atoms with Crippen LogP contribution in [0.25, 0.3) is 33.4 Å². The van der Waals surface area contributed by atoms with Crippen LogP contribution in [-0.2, 0) is 9.53 Å². The van der Waals surface area contributed by atoms with E-state index in [0.29, 0.717) is 75.3 Å². The predicted octanol–water partition coefficient (Wildman–Crippen LogP) is 8.95. The van der Waals surface area contributed by atoms with E-state index in [1.807, 2.05) is 90.7 Å². The zero-order valence-corrected chi connectivity index (χ0v) is 34.5. The van der Waals surface area contributed by atoms with Crippen LogP contribution in [0.15, 0.2) is 91.3 Å². The predicted molar refractivity (Wildman–Crippen MR) is 232 cm³/mol. The van der Waals surface area contributed by atoms with Gasteiger partial charge in [-0.2, -0.15) is 0 Å². The summed E-state index contributed by atoms with van der Waals surface area (Å²) in [7, 11) is 1.63. The number of fused-ring (bicyclic) bond motifs is 1. The van der Waals surface area contributed by atoms with Crippen molar-refractivity contribution in [1.82, 2.24) is 24.8 Å². The quantitative estimate of drug-likeness (QED) is 0.105. The molecule has 2 aromatic heterocycles. The number of nitrogens with one attached hydrogen (secondary N) is 3. The molecule has 0 radical (unpaired) electrons. The molecule has 8 rings (SSSR count). The molecule has 2 amide bonds. The first kappa shape index (κ1) is 39.8. The Morgan fingerprint density at radius 1 is 0.948 bits per heavy atom. The number of ether oxygens (including phenoxy) is 2. The minimum atomic E-state index is -0.358. The number of amides is 2. The molecule has 1 unspecified atom stereocenters. The maximum Gasteiger partial charge on any atom is 0.272 e. The number of methoxy groups -OCH3 is 1. The molecule has 11 nitrogen and oxygen atoms in total. The molecule has 0 bridgehead atoms. The van der Waals surface area contributed by atoms with E-state index < -0.39 is 0 Å². The van der Waals surface area contributed by atoms with Crippen LogP contribution in [0.1, 0.15) is 41.9 Å². The number of aromatic nitrogens is 3. The van der Waals surface area contributed by atoms with Crippen molar-refractivity contribution in [2.45, 2.75) is 31.8 Å². The molecular formula is C44H44Cl3N7O4. The van der Waals surface area contributed by atoms with Crippen LogP contribution >= 0.6 is 34.8 Å². The summed E-state index contributed by atoms with van der Waals surface area (Å²) in [6.45, 7) is 6.14. The smallest absolute Gasteiger partial charge is 0.272 e. The number of H-pyrrole nitrogens is 1. The summed E-state index contributed by atoms with van der Waals surface area (Å²) in [5.41, 5.74) is 6.29. The highest BCUT2D eigenvalue weighted by Crippen LogP contribution is 2.43. The fourth-order valence-electron chi connectivity index (χ4n) is 8.12. The maximum absolute atomic E-state index is 15.0. The Hall–Kier alpha value is -5.04. The Bertz CT molecular complexity index is 2440. The van der Waals surface area contributed by atoms with Crippen molar-refractivity contribution in [3.05, 3.63) is 118 Å². The lowest BCUT2D eigenvalue weighted by atomic mass is 9.99.